The zero-order valence-electron chi connectivity index (χ0n) is 8.38. The van der Waals surface area contributed by atoms with Gasteiger partial charge in [-0.3, -0.25) is 4.79 Å². The van der Waals surface area contributed by atoms with Crippen molar-refractivity contribution in [3.05, 3.63) is 34.3 Å². The zero-order chi connectivity index (χ0) is 9.97. The number of hydrogen-bond donors (Lipinski definition) is 0. The highest BCUT2D eigenvalue weighted by molar-refractivity contribution is 8.02. The molecule has 0 amide bonds. The Morgan fingerprint density at radius 3 is 3.00 bits per heavy atom. The van der Waals surface area contributed by atoms with Gasteiger partial charge in [0.25, 0.3) is 0 Å². The number of hydrogen-bond acceptors (Lipinski definition) is 2. The summed E-state index contributed by atoms with van der Waals surface area (Å²) in [5.41, 5.74) is 2.74. The van der Waals surface area contributed by atoms with Crippen LogP contribution in [0.2, 0.25) is 0 Å². The zero-order valence-corrected chi connectivity index (χ0v) is 9.19. The van der Waals surface area contributed by atoms with Gasteiger partial charge in [-0.15, -0.1) is 11.8 Å². The minimum Gasteiger partial charge on any atom is -0.299 e. The number of Topliss-reactive ketones (excluding diaryl/α,β-unsaturated/α-hetero) is 1. The Bertz CT molecular complexity index is 347. The molecule has 0 saturated carbocycles. The summed E-state index contributed by atoms with van der Waals surface area (Å²) in [6.45, 7) is 0. The molecule has 0 fully saturated rings. The minimum absolute atomic E-state index is 0.401. The van der Waals surface area contributed by atoms with Crippen LogP contribution in [-0.2, 0) is 4.79 Å². The summed E-state index contributed by atoms with van der Waals surface area (Å²) in [6.07, 6.45) is 12.0. The van der Waals surface area contributed by atoms with Gasteiger partial charge < -0.3 is 0 Å². The average Bonchev–Trinajstić information content (AvgIpc) is 2.38. The first-order chi connectivity index (χ1) is 6.79. The minimum atomic E-state index is 0.401. The first-order valence-electron chi connectivity index (χ1n) is 4.94. The number of carbonyl (C=O) groups is 1. The van der Waals surface area contributed by atoms with Gasteiger partial charge in [-0.1, -0.05) is 17.7 Å². The topological polar surface area (TPSA) is 17.1 Å². The van der Waals surface area contributed by atoms with E-state index in [0.29, 0.717) is 12.2 Å². The van der Waals surface area contributed by atoms with Crippen LogP contribution in [0.5, 0.6) is 0 Å². The first kappa shape index (κ1) is 9.78. The van der Waals surface area contributed by atoms with Crippen LogP contribution in [0.25, 0.3) is 0 Å². The van der Waals surface area contributed by atoms with Crippen molar-refractivity contribution in [1.82, 2.24) is 0 Å². The van der Waals surface area contributed by atoms with Crippen LogP contribution in [0.15, 0.2) is 34.3 Å². The highest BCUT2D eigenvalue weighted by Gasteiger charge is 2.17. The lowest BCUT2D eigenvalue weighted by Crippen LogP contribution is -2.08. The largest absolute Gasteiger partial charge is 0.299 e. The van der Waals surface area contributed by atoms with Crippen molar-refractivity contribution in [2.75, 3.05) is 6.26 Å². The molecule has 0 spiro atoms. The summed E-state index contributed by atoms with van der Waals surface area (Å²) in [5, 5.41) is 0. The van der Waals surface area contributed by atoms with Crippen LogP contribution in [0, 0.1) is 0 Å². The third-order valence-corrected chi connectivity index (χ3v) is 3.46. The molecule has 0 aromatic rings. The predicted molar refractivity (Wildman–Crippen MR) is 61.2 cm³/mol. The van der Waals surface area contributed by atoms with Crippen LogP contribution in [0.4, 0.5) is 0 Å². The Kier molecular flexibility index (Phi) is 2.92. The van der Waals surface area contributed by atoms with E-state index in [1.807, 2.05) is 0 Å². The summed E-state index contributed by atoms with van der Waals surface area (Å²) in [4.78, 5) is 12.6. The van der Waals surface area contributed by atoms with E-state index in [0.717, 1.165) is 19.3 Å². The molecule has 0 aromatic heterocycles. The van der Waals surface area contributed by atoms with Gasteiger partial charge in [-0.2, -0.15) is 0 Å². The smallest absolute Gasteiger partial charge is 0.137 e. The lowest BCUT2D eigenvalue weighted by molar-refractivity contribution is -0.118. The number of rotatable bonds is 1. The molecular weight excluding hydrogens is 192 g/mol. The van der Waals surface area contributed by atoms with E-state index >= 15 is 0 Å². The van der Waals surface area contributed by atoms with Gasteiger partial charge in [0.2, 0.25) is 0 Å². The molecule has 0 aliphatic heterocycles. The van der Waals surface area contributed by atoms with E-state index in [-0.39, 0.29) is 0 Å². The lowest BCUT2D eigenvalue weighted by Gasteiger charge is -2.15. The molecule has 0 aromatic carbocycles. The van der Waals surface area contributed by atoms with Crippen molar-refractivity contribution in [2.24, 2.45) is 0 Å². The molecule has 74 valence electrons. The highest BCUT2D eigenvalue weighted by atomic mass is 32.2. The Balaban J connectivity index is 2.30. The quantitative estimate of drug-likeness (QED) is 0.655. The Hall–Kier alpha value is -0.760. The summed E-state index contributed by atoms with van der Waals surface area (Å²) < 4.78 is 0. The lowest BCUT2D eigenvalue weighted by atomic mass is 9.89. The van der Waals surface area contributed by atoms with E-state index in [1.54, 1.807) is 11.8 Å². The summed E-state index contributed by atoms with van der Waals surface area (Å²) in [6, 6.07) is 0. The van der Waals surface area contributed by atoms with E-state index in [1.165, 1.54) is 16.1 Å². The second-order valence-corrected chi connectivity index (χ2v) is 4.58. The molecule has 0 radical (unpaired) electrons. The molecule has 2 aliphatic rings. The molecule has 14 heavy (non-hydrogen) atoms. The van der Waals surface area contributed by atoms with Crippen molar-refractivity contribution in [1.29, 1.82) is 0 Å². The monoisotopic (exact) mass is 206 g/mol. The predicted octanol–water partition coefficient (Wildman–Crippen LogP) is 3.24. The number of ketones is 1. The maximum Gasteiger partial charge on any atom is 0.137 e. The maximum atomic E-state index is 11.3. The van der Waals surface area contributed by atoms with Crippen molar-refractivity contribution in [2.45, 2.75) is 25.7 Å². The molecule has 1 nitrogen and oxygen atoms in total. The molecule has 0 heterocycles. The third kappa shape index (κ3) is 2.01. The fourth-order valence-corrected chi connectivity index (χ4v) is 2.42. The summed E-state index contributed by atoms with van der Waals surface area (Å²) >= 11 is 1.77. The molecule has 2 rings (SSSR count). The Labute approximate surface area is 89.0 Å². The second kappa shape index (κ2) is 4.18. The van der Waals surface area contributed by atoms with Crippen LogP contribution >= 0.6 is 11.8 Å². The van der Waals surface area contributed by atoms with Gasteiger partial charge in [-0.05, 0) is 30.7 Å². The number of allylic oxidation sites excluding steroid dienone is 5. The van der Waals surface area contributed by atoms with Crippen LogP contribution in [-0.4, -0.2) is 12.0 Å². The fourth-order valence-electron chi connectivity index (χ4n) is 1.93. The van der Waals surface area contributed by atoms with E-state index in [2.05, 4.69) is 24.5 Å². The van der Waals surface area contributed by atoms with Gasteiger partial charge in [0, 0.05) is 17.7 Å². The molecule has 2 aliphatic carbocycles. The molecule has 0 unspecified atom stereocenters. The Morgan fingerprint density at radius 1 is 1.36 bits per heavy atom. The molecule has 0 atom stereocenters. The van der Waals surface area contributed by atoms with Gasteiger partial charge in [0.1, 0.15) is 5.78 Å². The van der Waals surface area contributed by atoms with Crippen molar-refractivity contribution in [3.63, 3.8) is 0 Å². The van der Waals surface area contributed by atoms with E-state index in [4.69, 9.17) is 0 Å². The van der Waals surface area contributed by atoms with Crippen molar-refractivity contribution < 1.29 is 4.79 Å². The average molecular weight is 206 g/mol. The molecule has 0 bridgehead atoms. The van der Waals surface area contributed by atoms with E-state index < -0.39 is 0 Å². The normalized spacial score (nSPS) is 21.8. The van der Waals surface area contributed by atoms with Crippen LogP contribution in [0.3, 0.4) is 0 Å². The number of thioether (sulfide) groups is 1. The van der Waals surface area contributed by atoms with Gasteiger partial charge in [0.05, 0.1) is 0 Å². The Morgan fingerprint density at radius 2 is 2.21 bits per heavy atom. The third-order valence-electron chi connectivity index (χ3n) is 2.74. The van der Waals surface area contributed by atoms with Crippen LogP contribution < -0.4 is 0 Å². The SMILES string of the molecule is CSC1=CC2=C(CC=C1)CC(=O)CC2. The van der Waals surface area contributed by atoms with Gasteiger partial charge >= 0.3 is 0 Å². The number of carbonyl (C=O) groups excluding carboxylic acids is 1. The van der Waals surface area contributed by atoms with Gasteiger partial charge in [-0.25, -0.2) is 0 Å². The molecule has 0 saturated heterocycles. The molecule has 2 heteroatoms. The first-order valence-corrected chi connectivity index (χ1v) is 6.17. The van der Waals surface area contributed by atoms with Crippen molar-refractivity contribution >= 4 is 17.5 Å². The maximum absolute atomic E-state index is 11.3. The van der Waals surface area contributed by atoms with Crippen LogP contribution in [0.1, 0.15) is 25.7 Å². The van der Waals surface area contributed by atoms with E-state index in [9.17, 15) is 4.79 Å². The van der Waals surface area contributed by atoms with Gasteiger partial charge in [0.15, 0.2) is 0 Å². The summed E-state index contributed by atoms with van der Waals surface area (Å²) in [5.74, 6) is 0.401. The fraction of sp³-hybridized carbons (Fsp3) is 0.417. The highest BCUT2D eigenvalue weighted by Crippen LogP contribution is 2.31. The molecule has 0 N–H and O–H groups in total. The second-order valence-electron chi connectivity index (χ2n) is 3.70. The standard InChI is InChI=1S/C12H14OS/c1-14-12-4-2-3-9-7-11(13)6-5-10(9)8-12/h2,4,8H,3,5-7H2,1H3. The van der Waals surface area contributed by atoms with Crippen molar-refractivity contribution in [3.8, 4) is 0 Å². The summed E-state index contributed by atoms with van der Waals surface area (Å²) in [7, 11) is 0. The molecular formula is C12H14OS.